The summed E-state index contributed by atoms with van der Waals surface area (Å²) in [6.07, 6.45) is 3.86. The van der Waals surface area contributed by atoms with Gasteiger partial charge < -0.3 is 10.2 Å². The molecule has 6 heteroatoms. The van der Waals surface area contributed by atoms with E-state index in [4.69, 9.17) is 0 Å². The molecular formula is C23H32FN3O2. The van der Waals surface area contributed by atoms with Crippen LogP contribution in [0.2, 0.25) is 0 Å². The van der Waals surface area contributed by atoms with Crippen molar-refractivity contribution < 1.29 is 14.0 Å². The van der Waals surface area contributed by atoms with Crippen LogP contribution >= 0.6 is 0 Å². The second-order valence-electron chi connectivity index (χ2n) is 9.21. The second kappa shape index (κ2) is 7.71. The Bertz CT molecular complexity index is 803. The number of nitrogens with zero attached hydrogens (tertiary/aromatic N) is 2. The summed E-state index contributed by atoms with van der Waals surface area (Å²) in [7, 11) is 0. The number of hydrogen-bond donors (Lipinski definition) is 1. The summed E-state index contributed by atoms with van der Waals surface area (Å²) >= 11 is 0. The molecule has 3 aliphatic rings. The van der Waals surface area contributed by atoms with Gasteiger partial charge in [0.15, 0.2) is 0 Å². The zero-order valence-corrected chi connectivity index (χ0v) is 17.7. The minimum absolute atomic E-state index is 0.0720. The number of rotatable bonds is 4. The lowest BCUT2D eigenvalue weighted by atomic mass is 9.75. The zero-order valence-electron chi connectivity index (χ0n) is 17.7. The lowest BCUT2D eigenvalue weighted by molar-refractivity contribution is -0.123. The van der Waals surface area contributed by atoms with Crippen molar-refractivity contribution in [3.8, 4) is 0 Å². The third-order valence-electron chi connectivity index (χ3n) is 7.46. The van der Waals surface area contributed by atoms with Crippen molar-refractivity contribution >= 4 is 11.8 Å². The molecule has 1 aromatic rings. The minimum Gasteiger partial charge on any atom is -0.350 e. The van der Waals surface area contributed by atoms with E-state index < -0.39 is 0 Å². The fourth-order valence-electron chi connectivity index (χ4n) is 5.56. The molecule has 2 amide bonds. The van der Waals surface area contributed by atoms with Crippen molar-refractivity contribution in [2.45, 2.75) is 58.0 Å². The summed E-state index contributed by atoms with van der Waals surface area (Å²) in [4.78, 5) is 29.8. The quantitative estimate of drug-likeness (QED) is 0.844. The molecule has 4 rings (SSSR count). The second-order valence-corrected chi connectivity index (χ2v) is 9.21. The summed E-state index contributed by atoms with van der Waals surface area (Å²) in [6, 6.07) is 5.19. The predicted octanol–water partition coefficient (Wildman–Crippen LogP) is 2.98. The number of nitrogens with one attached hydrogen (secondary N) is 1. The van der Waals surface area contributed by atoms with Crippen molar-refractivity contribution in [3.63, 3.8) is 0 Å². The summed E-state index contributed by atoms with van der Waals surface area (Å²) in [5.41, 5.74) is 0.748. The molecule has 5 nitrogen and oxygen atoms in total. The van der Waals surface area contributed by atoms with Crippen LogP contribution in [0.15, 0.2) is 18.2 Å². The SMILES string of the molecule is CCC[C@@H](C)N1C[C@H]2C(=O)NC3(CCN(C(=O)c4ccc(C)c(F)c4)CC3)[C@H]2C1. The molecule has 29 heavy (non-hydrogen) atoms. The maximum Gasteiger partial charge on any atom is 0.253 e. The van der Waals surface area contributed by atoms with Crippen molar-refractivity contribution in [1.82, 2.24) is 15.1 Å². The van der Waals surface area contributed by atoms with Gasteiger partial charge in [0.1, 0.15) is 5.82 Å². The van der Waals surface area contributed by atoms with Gasteiger partial charge in [-0.05, 0) is 50.8 Å². The number of benzene rings is 1. The molecule has 1 spiro atoms. The Labute approximate surface area is 172 Å². The first-order valence-electron chi connectivity index (χ1n) is 11.0. The molecule has 0 bridgehead atoms. The van der Waals surface area contributed by atoms with Crippen LogP contribution in [0, 0.1) is 24.6 Å². The molecule has 158 valence electrons. The fourth-order valence-corrected chi connectivity index (χ4v) is 5.56. The highest BCUT2D eigenvalue weighted by Crippen LogP contribution is 2.44. The summed E-state index contributed by atoms with van der Waals surface area (Å²) in [5.74, 6) is 0.111. The third-order valence-corrected chi connectivity index (χ3v) is 7.46. The van der Waals surface area contributed by atoms with Crippen LogP contribution in [-0.4, -0.2) is 59.4 Å². The molecule has 1 N–H and O–H groups in total. The highest BCUT2D eigenvalue weighted by atomic mass is 19.1. The van der Waals surface area contributed by atoms with E-state index in [1.807, 2.05) is 0 Å². The number of amides is 2. The Morgan fingerprint density at radius 3 is 2.69 bits per heavy atom. The van der Waals surface area contributed by atoms with E-state index in [-0.39, 0.29) is 29.1 Å². The maximum atomic E-state index is 13.9. The highest BCUT2D eigenvalue weighted by molar-refractivity contribution is 5.94. The third kappa shape index (κ3) is 3.56. The van der Waals surface area contributed by atoms with Crippen LogP contribution in [-0.2, 0) is 4.79 Å². The summed E-state index contributed by atoms with van der Waals surface area (Å²) < 4.78 is 13.9. The summed E-state index contributed by atoms with van der Waals surface area (Å²) in [6.45, 7) is 9.17. The van der Waals surface area contributed by atoms with Gasteiger partial charge >= 0.3 is 0 Å². The molecule has 0 saturated carbocycles. The number of fused-ring (bicyclic) bond motifs is 2. The van der Waals surface area contributed by atoms with Gasteiger partial charge in [-0.2, -0.15) is 0 Å². The largest absolute Gasteiger partial charge is 0.350 e. The van der Waals surface area contributed by atoms with E-state index >= 15 is 0 Å². The normalized spacial score (nSPS) is 27.2. The average molecular weight is 402 g/mol. The van der Waals surface area contributed by atoms with Gasteiger partial charge in [0.05, 0.1) is 5.92 Å². The Morgan fingerprint density at radius 1 is 1.31 bits per heavy atom. The number of halogens is 1. The molecule has 3 aliphatic heterocycles. The average Bonchev–Trinajstić information content (AvgIpc) is 3.25. The zero-order chi connectivity index (χ0) is 20.8. The molecule has 0 aromatic heterocycles. The molecule has 0 aliphatic carbocycles. The van der Waals surface area contributed by atoms with E-state index in [1.54, 1.807) is 24.0 Å². The lowest BCUT2D eigenvalue weighted by Gasteiger charge is -2.43. The standard InChI is InChI=1S/C23H32FN3O2/c1-4-5-16(3)27-13-18-19(14-27)23(25-21(18)28)8-10-26(11-9-23)22(29)17-7-6-15(2)20(24)12-17/h6-7,12,16,18-19H,4-5,8-11,13-14H2,1-3H3,(H,25,28)/t16-,18-,19+/m1/s1. The van der Waals surface area contributed by atoms with Gasteiger partial charge in [0, 0.05) is 49.2 Å². The first-order valence-corrected chi connectivity index (χ1v) is 11.0. The monoisotopic (exact) mass is 401 g/mol. The fraction of sp³-hybridized carbons (Fsp3) is 0.652. The Kier molecular flexibility index (Phi) is 5.40. The molecular weight excluding hydrogens is 369 g/mol. The first-order chi connectivity index (χ1) is 13.8. The van der Waals surface area contributed by atoms with Crippen LogP contribution in [0.25, 0.3) is 0 Å². The minimum atomic E-state index is -0.345. The Hall–Kier alpha value is -1.95. The van der Waals surface area contributed by atoms with E-state index in [0.717, 1.165) is 38.8 Å². The van der Waals surface area contributed by atoms with Crippen molar-refractivity contribution in [3.05, 3.63) is 35.1 Å². The molecule has 3 atom stereocenters. The van der Waals surface area contributed by atoms with E-state index in [2.05, 4.69) is 24.1 Å². The Balaban J connectivity index is 1.43. The molecule has 0 radical (unpaired) electrons. The van der Waals surface area contributed by atoms with E-state index in [9.17, 15) is 14.0 Å². The van der Waals surface area contributed by atoms with Gasteiger partial charge in [-0.3, -0.25) is 14.5 Å². The number of hydrogen-bond acceptors (Lipinski definition) is 3. The number of aryl methyl sites for hydroxylation is 1. The first kappa shape index (κ1) is 20.3. The number of carbonyl (C=O) groups is 2. The Morgan fingerprint density at radius 2 is 2.03 bits per heavy atom. The van der Waals surface area contributed by atoms with Gasteiger partial charge in [0.2, 0.25) is 5.91 Å². The van der Waals surface area contributed by atoms with Crippen LogP contribution in [0.3, 0.4) is 0 Å². The van der Waals surface area contributed by atoms with E-state index in [0.29, 0.717) is 36.2 Å². The number of piperidine rings is 1. The highest BCUT2D eigenvalue weighted by Gasteiger charge is 2.57. The van der Waals surface area contributed by atoms with Gasteiger partial charge in [-0.15, -0.1) is 0 Å². The van der Waals surface area contributed by atoms with Crippen LogP contribution in [0.5, 0.6) is 0 Å². The molecule has 0 unspecified atom stereocenters. The topological polar surface area (TPSA) is 52.7 Å². The number of likely N-dealkylation sites (tertiary alicyclic amines) is 2. The smallest absolute Gasteiger partial charge is 0.253 e. The van der Waals surface area contributed by atoms with Crippen LogP contribution < -0.4 is 5.32 Å². The van der Waals surface area contributed by atoms with E-state index in [1.165, 1.54) is 6.07 Å². The van der Waals surface area contributed by atoms with Crippen molar-refractivity contribution in [2.24, 2.45) is 11.8 Å². The molecule has 3 heterocycles. The molecule has 1 aromatic carbocycles. The predicted molar refractivity (Wildman–Crippen MR) is 110 cm³/mol. The molecule has 3 saturated heterocycles. The maximum absolute atomic E-state index is 13.9. The summed E-state index contributed by atoms with van der Waals surface area (Å²) in [5, 5.41) is 3.32. The lowest BCUT2D eigenvalue weighted by Crippen LogP contribution is -2.56. The van der Waals surface area contributed by atoms with Crippen molar-refractivity contribution in [2.75, 3.05) is 26.2 Å². The number of carbonyl (C=O) groups excluding carboxylic acids is 2. The van der Waals surface area contributed by atoms with Crippen LogP contribution in [0.4, 0.5) is 4.39 Å². The van der Waals surface area contributed by atoms with Gasteiger partial charge in [-0.1, -0.05) is 19.4 Å². The van der Waals surface area contributed by atoms with Gasteiger partial charge in [-0.25, -0.2) is 4.39 Å². The van der Waals surface area contributed by atoms with Crippen molar-refractivity contribution in [1.29, 1.82) is 0 Å². The molecule has 3 fully saturated rings. The van der Waals surface area contributed by atoms with Crippen LogP contribution in [0.1, 0.15) is 55.5 Å². The van der Waals surface area contributed by atoms with Gasteiger partial charge in [0.25, 0.3) is 5.91 Å².